The van der Waals surface area contributed by atoms with Gasteiger partial charge in [-0.15, -0.1) is 12.3 Å². The van der Waals surface area contributed by atoms with E-state index in [1.165, 1.54) is 0 Å². The summed E-state index contributed by atoms with van der Waals surface area (Å²) in [5, 5.41) is 10.7. The summed E-state index contributed by atoms with van der Waals surface area (Å²) in [5.74, 6) is 2.95. The van der Waals surface area contributed by atoms with E-state index in [9.17, 15) is 0 Å². The van der Waals surface area contributed by atoms with Gasteiger partial charge in [0.2, 0.25) is 5.96 Å². The van der Waals surface area contributed by atoms with Crippen LogP contribution in [0.15, 0.2) is 16.8 Å². The average Bonchev–Trinajstić information content (AvgIpc) is 2.18. The van der Waals surface area contributed by atoms with E-state index in [4.69, 9.17) is 17.6 Å². The summed E-state index contributed by atoms with van der Waals surface area (Å²) in [6.45, 7) is 0. The molecule has 0 radical (unpaired) electrons. The smallest absolute Gasteiger partial charge is 0.206 e. The zero-order chi connectivity index (χ0) is 10.4. The molecular formula is C10H14N4. The van der Waals surface area contributed by atoms with E-state index in [2.05, 4.69) is 22.5 Å². The molecule has 1 atom stereocenters. The van der Waals surface area contributed by atoms with Crippen LogP contribution in [0.3, 0.4) is 0 Å². The van der Waals surface area contributed by atoms with Crippen LogP contribution in [-0.4, -0.2) is 12.2 Å². The molecule has 4 N–H and O–H groups in total. The van der Waals surface area contributed by atoms with Crippen LogP contribution in [0.2, 0.25) is 0 Å². The number of nitrogens with two attached hydrogens (primary N) is 1. The van der Waals surface area contributed by atoms with Crippen LogP contribution < -0.4 is 11.2 Å². The highest BCUT2D eigenvalue weighted by atomic mass is 15.3. The number of terminal acetylenes is 1. The highest BCUT2D eigenvalue weighted by Crippen LogP contribution is 2.21. The summed E-state index contributed by atoms with van der Waals surface area (Å²) in [7, 11) is 0. The molecular weight excluding hydrogens is 176 g/mol. The molecule has 4 heteroatoms. The molecule has 1 aliphatic carbocycles. The number of hydrogen-bond acceptors (Lipinski definition) is 2. The molecule has 0 heterocycles. The van der Waals surface area contributed by atoms with Gasteiger partial charge in [-0.05, 0) is 24.8 Å². The Balaban J connectivity index is 2.41. The van der Waals surface area contributed by atoms with Crippen LogP contribution in [0.4, 0.5) is 0 Å². The maximum atomic E-state index is 6.88. The summed E-state index contributed by atoms with van der Waals surface area (Å²) in [4.78, 5) is 0. The molecule has 0 aromatic heterocycles. The van der Waals surface area contributed by atoms with Crippen LogP contribution >= 0.6 is 0 Å². The Morgan fingerprint density at radius 1 is 1.86 bits per heavy atom. The van der Waals surface area contributed by atoms with Crippen LogP contribution in [0.1, 0.15) is 19.3 Å². The van der Waals surface area contributed by atoms with Gasteiger partial charge in [0, 0.05) is 5.92 Å². The molecule has 0 aromatic carbocycles. The Bertz CT molecular complexity index is 309. The fraction of sp³-hybridized carbons (Fsp3) is 0.400. The molecule has 0 bridgehead atoms. The third-order valence-electron chi connectivity index (χ3n) is 2.10. The Labute approximate surface area is 83.8 Å². The third kappa shape index (κ3) is 3.31. The van der Waals surface area contributed by atoms with Crippen LogP contribution in [0.25, 0.3) is 0 Å². The highest BCUT2D eigenvalue weighted by molar-refractivity contribution is 5.81. The summed E-state index contributed by atoms with van der Waals surface area (Å²) in [5.41, 5.74) is 8.58. The van der Waals surface area contributed by atoms with Gasteiger partial charge in [-0.3, -0.25) is 5.41 Å². The molecule has 0 spiro atoms. The van der Waals surface area contributed by atoms with Crippen molar-refractivity contribution < 1.29 is 0 Å². The molecule has 1 aliphatic rings. The van der Waals surface area contributed by atoms with Gasteiger partial charge in [-0.25, -0.2) is 5.43 Å². The standard InChI is InChI=1S/C10H14N4/c1-2-8-3-5-9(6-4-8)7-13-14-10(11)12/h1,5,7-8H,3-4,6H2,(H4,11,12,14)/b13-7+. The first-order valence-electron chi connectivity index (χ1n) is 4.50. The lowest BCUT2D eigenvalue weighted by Crippen LogP contribution is -2.25. The van der Waals surface area contributed by atoms with Crippen molar-refractivity contribution in [1.82, 2.24) is 5.43 Å². The third-order valence-corrected chi connectivity index (χ3v) is 2.10. The molecule has 0 fully saturated rings. The van der Waals surface area contributed by atoms with E-state index in [0.717, 1.165) is 24.8 Å². The molecule has 0 saturated heterocycles. The zero-order valence-electron chi connectivity index (χ0n) is 7.96. The predicted molar refractivity (Wildman–Crippen MR) is 57.8 cm³/mol. The number of guanidine groups is 1. The lowest BCUT2D eigenvalue weighted by Gasteiger charge is -2.14. The summed E-state index contributed by atoms with van der Waals surface area (Å²) in [6.07, 6.45) is 12.0. The second-order valence-electron chi connectivity index (χ2n) is 3.20. The van der Waals surface area contributed by atoms with Crippen molar-refractivity contribution in [2.24, 2.45) is 16.8 Å². The predicted octanol–water partition coefficient (Wildman–Crippen LogP) is 0.815. The molecule has 4 nitrogen and oxygen atoms in total. The van der Waals surface area contributed by atoms with Crippen molar-refractivity contribution in [3.63, 3.8) is 0 Å². The molecule has 14 heavy (non-hydrogen) atoms. The van der Waals surface area contributed by atoms with E-state index in [0.29, 0.717) is 5.92 Å². The summed E-state index contributed by atoms with van der Waals surface area (Å²) < 4.78 is 0. The van der Waals surface area contributed by atoms with Gasteiger partial charge in [0.1, 0.15) is 0 Å². The van der Waals surface area contributed by atoms with Crippen LogP contribution in [0, 0.1) is 23.7 Å². The monoisotopic (exact) mass is 190 g/mol. The molecule has 0 aromatic rings. The van der Waals surface area contributed by atoms with E-state index in [1.54, 1.807) is 6.21 Å². The van der Waals surface area contributed by atoms with Gasteiger partial charge in [-0.1, -0.05) is 6.08 Å². The zero-order valence-corrected chi connectivity index (χ0v) is 7.96. The van der Waals surface area contributed by atoms with Crippen molar-refractivity contribution in [3.8, 4) is 12.3 Å². The maximum absolute atomic E-state index is 6.88. The molecule has 1 rings (SSSR count). The first kappa shape index (κ1) is 10.3. The minimum Gasteiger partial charge on any atom is -0.369 e. The number of nitrogens with one attached hydrogen (secondary N) is 2. The Hall–Kier alpha value is -1.76. The lowest BCUT2D eigenvalue weighted by molar-refractivity contribution is 0.596. The average molecular weight is 190 g/mol. The second-order valence-corrected chi connectivity index (χ2v) is 3.20. The van der Waals surface area contributed by atoms with E-state index in [1.807, 2.05) is 0 Å². The number of hydrogen-bond donors (Lipinski definition) is 3. The quantitative estimate of drug-likeness (QED) is 0.261. The topological polar surface area (TPSA) is 74.3 Å². The lowest BCUT2D eigenvalue weighted by atomic mass is 9.91. The number of allylic oxidation sites excluding steroid dienone is 2. The van der Waals surface area contributed by atoms with Crippen molar-refractivity contribution in [2.45, 2.75) is 19.3 Å². The normalized spacial score (nSPS) is 21.4. The largest absolute Gasteiger partial charge is 0.369 e. The minimum atomic E-state index is -0.154. The fourth-order valence-electron chi connectivity index (χ4n) is 1.31. The number of rotatable bonds is 2. The van der Waals surface area contributed by atoms with Crippen LogP contribution in [-0.2, 0) is 0 Å². The van der Waals surface area contributed by atoms with E-state index >= 15 is 0 Å². The Morgan fingerprint density at radius 3 is 3.14 bits per heavy atom. The fourth-order valence-corrected chi connectivity index (χ4v) is 1.31. The second kappa shape index (κ2) is 5.07. The molecule has 0 aliphatic heterocycles. The molecule has 1 unspecified atom stereocenters. The first-order valence-corrected chi connectivity index (χ1v) is 4.50. The SMILES string of the molecule is C#CC1CC=C(/C=N/NC(=N)N)CC1. The van der Waals surface area contributed by atoms with Gasteiger partial charge < -0.3 is 5.73 Å². The van der Waals surface area contributed by atoms with Crippen LogP contribution in [0.5, 0.6) is 0 Å². The van der Waals surface area contributed by atoms with Gasteiger partial charge >= 0.3 is 0 Å². The van der Waals surface area contributed by atoms with E-state index in [-0.39, 0.29) is 5.96 Å². The van der Waals surface area contributed by atoms with Gasteiger partial charge in [0.05, 0.1) is 6.21 Å². The number of hydrazone groups is 1. The molecule has 0 amide bonds. The Morgan fingerprint density at radius 2 is 2.64 bits per heavy atom. The van der Waals surface area contributed by atoms with Gasteiger partial charge in [-0.2, -0.15) is 5.10 Å². The van der Waals surface area contributed by atoms with E-state index < -0.39 is 0 Å². The van der Waals surface area contributed by atoms with Gasteiger partial charge in [0.15, 0.2) is 0 Å². The van der Waals surface area contributed by atoms with Crippen molar-refractivity contribution in [2.75, 3.05) is 0 Å². The summed E-state index contributed by atoms with van der Waals surface area (Å²) in [6, 6.07) is 0. The highest BCUT2D eigenvalue weighted by Gasteiger charge is 2.10. The van der Waals surface area contributed by atoms with Crippen molar-refractivity contribution in [3.05, 3.63) is 11.6 Å². The Kier molecular flexibility index (Phi) is 3.74. The van der Waals surface area contributed by atoms with Crippen molar-refractivity contribution in [1.29, 1.82) is 5.41 Å². The first-order chi connectivity index (χ1) is 6.72. The summed E-state index contributed by atoms with van der Waals surface area (Å²) >= 11 is 0. The van der Waals surface area contributed by atoms with Gasteiger partial charge in [0.25, 0.3) is 0 Å². The van der Waals surface area contributed by atoms with Crippen molar-refractivity contribution >= 4 is 12.2 Å². The number of nitrogens with zero attached hydrogens (tertiary/aromatic N) is 1. The maximum Gasteiger partial charge on any atom is 0.206 e. The molecule has 0 saturated carbocycles. The molecule has 74 valence electrons. The minimum absolute atomic E-state index is 0.154.